The molecule has 0 unspecified atom stereocenters. The second-order valence-corrected chi connectivity index (χ2v) is 8.79. The van der Waals surface area contributed by atoms with Crippen molar-refractivity contribution in [2.45, 2.75) is 31.5 Å². The van der Waals surface area contributed by atoms with Crippen molar-refractivity contribution >= 4 is 17.2 Å². The van der Waals surface area contributed by atoms with Gasteiger partial charge in [0, 0.05) is 35.8 Å². The van der Waals surface area contributed by atoms with Crippen molar-refractivity contribution in [3.63, 3.8) is 0 Å². The van der Waals surface area contributed by atoms with Gasteiger partial charge in [-0.05, 0) is 37.1 Å². The Kier molecular flexibility index (Phi) is 6.79. The van der Waals surface area contributed by atoms with E-state index in [0.717, 1.165) is 18.9 Å². The van der Waals surface area contributed by atoms with E-state index in [-0.39, 0.29) is 34.9 Å². The van der Waals surface area contributed by atoms with Gasteiger partial charge in [0.2, 0.25) is 5.88 Å². The number of carbonyl (C=O) groups excluding carboxylic acids is 1. The smallest absolute Gasteiger partial charge is 0.390 e. The van der Waals surface area contributed by atoms with Crippen molar-refractivity contribution in [1.82, 2.24) is 19.9 Å². The van der Waals surface area contributed by atoms with Crippen LogP contribution in [0, 0.1) is 5.82 Å². The molecule has 1 fully saturated rings. The zero-order valence-electron chi connectivity index (χ0n) is 20.2. The van der Waals surface area contributed by atoms with Crippen molar-refractivity contribution in [3.8, 4) is 28.6 Å². The first kappa shape index (κ1) is 25.3. The van der Waals surface area contributed by atoms with E-state index in [9.17, 15) is 22.4 Å². The summed E-state index contributed by atoms with van der Waals surface area (Å²) in [4.78, 5) is 16.7. The lowest BCUT2D eigenvalue weighted by Gasteiger charge is -2.13. The van der Waals surface area contributed by atoms with Crippen LogP contribution in [0.1, 0.15) is 29.6 Å². The van der Waals surface area contributed by atoms with Gasteiger partial charge in [-0.25, -0.2) is 13.9 Å². The number of alkyl halides is 3. The highest BCUT2D eigenvalue weighted by Gasteiger charge is 2.27. The summed E-state index contributed by atoms with van der Waals surface area (Å²) >= 11 is 0. The van der Waals surface area contributed by atoms with Gasteiger partial charge in [-0.3, -0.25) is 4.79 Å². The quantitative estimate of drug-likeness (QED) is 0.275. The minimum Gasteiger partial charge on any atom is -0.497 e. The van der Waals surface area contributed by atoms with Crippen LogP contribution < -0.4 is 20.1 Å². The van der Waals surface area contributed by atoms with Crippen LogP contribution in [0.25, 0.3) is 16.9 Å². The van der Waals surface area contributed by atoms with Crippen molar-refractivity contribution in [1.29, 1.82) is 0 Å². The largest absolute Gasteiger partial charge is 0.497 e. The van der Waals surface area contributed by atoms with E-state index in [4.69, 9.17) is 9.47 Å². The molecule has 0 aliphatic heterocycles. The summed E-state index contributed by atoms with van der Waals surface area (Å²) in [6, 6.07) is 12.4. The molecule has 4 aromatic rings. The maximum Gasteiger partial charge on any atom is 0.390 e. The van der Waals surface area contributed by atoms with Crippen LogP contribution in [0.5, 0.6) is 17.4 Å². The zero-order valence-corrected chi connectivity index (χ0v) is 20.2. The van der Waals surface area contributed by atoms with E-state index in [2.05, 4.69) is 20.7 Å². The molecule has 8 nitrogen and oxygen atoms in total. The topological polar surface area (TPSA) is 89.8 Å². The normalized spacial score (nSPS) is 13.4. The second kappa shape index (κ2) is 10.2. The predicted octanol–water partition coefficient (Wildman–Crippen LogP) is 5.59. The molecule has 0 bridgehead atoms. The number of rotatable bonds is 9. The van der Waals surface area contributed by atoms with Gasteiger partial charge in [-0.15, -0.1) is 5.10 Å². The Balaban J connectivity index is 1.49. The SMILES string of the molecule is COc1ccc(Oc2cc(NCCC(F)(F)F)c3ncc(-c4ccc(C(=O)NC5CC5)cc4)n3n2)c(F)c1. The molecule has 2 heterocycles. The molecule has 2 N–H and O–H groups in total. The molecule has 1 aliphatic carbocycles. The number of hydrogen-bond acceptors (Lipinski definition) is 6. The number of ether oxygens (including phenoxy) is 2. The van der Waals surface area contributed by atoms with Gasteiger partial charge in [0.05, 0.1) is 31.1 Å². The van der Waals surface area contributed by atoms with Crippen LogP contribution in [0.15, 0.2) is 54.7 Å². The zero-order chi connectivity index (χ0) is 26.9. The number of imidazole rings is 1. The number of anilines is 1. The number of methoxy groups -OCH3 is 1. The predicted molar refractivity (Wildman–Crippen MR) is 131 cm³/mol. The molecule has 2 aromatic heterocycles. The molecule has 1 aliphatic rings. The third kappa shape index (κ3) is 5.79. The van der Waals surface area contributed by atoms with Crippen molar-refractivity contribution in [3.05, 3.63) is 66.1 Å². The minimum absolute atomic E-state index is 0.0734. The summed E-state index contributed by atoms with van der Waals surface area (Å²) in [6.07, 6.45) is -1.96. The molecular formula is C26H23F4N5O3. The maximum absolute atomic E-state index is 14.5. The van der Waals surface area contributed by atoms with Gasteiger partial charge >= 0.3 is 6.18 Å². The number of nitrogens with one attached hydrogen (secondary N) is 2. The number of carbonyl (C=O) groups is 1. The lowest BCUT2D eigenvalue weighted by molar-refractivity contribution is -0.131. The highest BCUT2D eigenvalue weighted by molar-refractivity contribution is 5.95. The Hall–Kier alpha value is -4.35. The van der Waals surface area contributed by atoms with Crippen LogP contribution in [0.3, 0.4) is 0 Å². The van der Waals surface area contributed by atoms with Crippen molar-refractivity contribution in [2.75, 3.05) is 19.0 Å². The highest BCUT2D eigenvalue weighted by atomic mass is 19.4. The lowest BCUT2D eigenvalue weighted by Crippen LogP contribution is -2.25. The standard InChI is InChI=1S/C26H23F4N5O3/c1-37-18-8-9-22(19(27)12-18)38-23-13-20(31-11-10-26(28,29)30)24-32-14-21(35(24)34-23)15-2-4-16(5-3-15)25(36)33-17-6-7-17/h2-5,8-9,12-14,17,31H,6-7,10-11H2,1H3,(H,33,36). The number of nitrogens with zero attached hydrogens (tertiary/aromatic N) is 3. The van der Waals surface area contributed by atoms with Crippen LogP contribution >= 0.6 is 0 Å². The average Bonchev–Trinajstić information content (AvgIpc) is 3.59. The first-order valence-corrected chi connectivity index (χ1v) is 11.8. The second-order valence-electron chi connectivity index (χ2n) is 8.79. The molecule has 12 heteroatoms. The number of fused-ring (bicyclic) bond motifs is 1. The summed E-state index contributed by atoms with van der Waals surface area (Å²) in [5.74, 6) is -0.798. The number of amides is 1. The summed E-state index contributed by atoms with van der Waals surface area (Å²) in [7, 11) is 1.40. The number of aromatic nitrogens is 3. The molecule has 1 saturated carbocycles. The van der Waals surface area contributed by atoms with Gasteiger partial charge in [-0.2, -0.15) is 13.2 Å². The van der Waals surface area contributed by atoms with Gasteiger partial charge < -0.3 is 20.1 Å². The maximum atomic E-state index is 14.5. The molecule has 2 aromatic carbocycles. The molecule has 5 rings (SSSR count). The Labute approximate surface area is 214 Å². The first-order valence-electron chi connectivity index (χ1n) is 11.8. The average molecular weight is 529 g/mol. The van der Waals surface area contributed by atoms with Crippen LogP contribution in [0.4, 0.5) is 23.2 Å². The van der Waals surface area contributed by atoms with E-state index in [1.54, 1.807) is 24.3 Å². The van der Waals surface area contributed by atoms with Crippen molar-refractivity contribution < 1.29 is 31.8 Å². The van der Waals surface area contributed by atoms with Gasteiger partial charge in [0.15, 0.2) is 17.2 Å². The third-order valence-corrected chi connectivity index (χ3v) is 5.88. The summed E-state index contributed by atoms with van der Waals surface area (Å²) in [5.41, 5.74) is 2.12. The fourth-order valence-corrected chi connectivity index (χ4v) is 3.75. The lowest BCUT2D eigenvalue weighted by atomic mass is 10.1. The van der Waals surface area contributed by atoms with Crippen molar-refractivity contribution in [2.24, 2.45) is 0 Å². The van der Waals surface area contributed by atoms with E-state index in [1.165, 1.54) is 36.0 Å². The van der Waals surface area contributed by atoms with E-state index < -0.39 is 25.0 Å². The van der Waals surface area contributed by atoms with Gasteiger partial charge in [-0.1, -0.05) is 12.1 Å². The minimum atomic E-state index is -4.35. The molecule has 38 heavy (non-hydrogen) atoms. The molecule has 0 atom stereocenters. The van der Waals surface area contributed by atoms with E-state index in [1.807, 2.05) is 0 Å². The van der Waals surface area contributed by atoms with E-state index >= 15 is 0 Å². The number of benzene rings is 2. The Morgan fingerprint density at radius 1 is 1.13 bits per heavy atom. The van der Waals surface area contributed by atoms with Gasteiger partial charge in [0.25, 0.3) is 5.91 Å². The Morgan fingerprint density at radius 2 is 1.89 bits per heavy atom. The van der Waals surface area contributed by atoms with Crippen LogP contribution in [0.2, 0.25) is 0 Å². The number of halogens is 4. The molecule has 0 radical (unpaired) electrons. The Morgan fingerprint density at radius 3 is 2.55 bits per heavy atom. The van der Waals surface area contributed by atoms with Gasteiger partial charge in [0.1, 0.15) is 5.75 Å². The third-order valence-electron chi connectivity index (χ3n) is 5.88. The molecule has 198 valence electrons. The summed E-state index contributed by atoms with van der Waals surface area (Å²) < 4.78 is 64.8. The molecular weight excluding hydrogens is 506 g/mol. The number of hydrogen-bond donors (Lipinski definition) is 2. The summed E-state index contributed by atoms with van der Waals surface area (Å²) in [5, 5.41) is 10.1. The monoisotopic (exact) mass is 529 g/mol. The Bertz CT molecular complexity index is 1470. The fourth-order valence-electron chi connectivity index (χ4n) is 3.75. The fraction of sp³-hybridized carbons (Fsp3) is 0.269. The molecule has 0 spiro atoms. The van der Waals surface area contributed by atoms with Crippen LogP contribution in [-0.2, 0) is 0 Å². The summed E-state index contributed by atoms with van der Waals surface area (Å²) in [6.45, 7) is -0.410. The van der Waals surface area contributed by atoms with E-state index in [0.29, 0.717) is 22.6 Å². The molecule has 1 amide bonds. The first-order chi connectivity index (χ1) is 18.2. The molecule has 0 saturated heterocycles. The van der Waals surface area contributed by atoms with Crippen LogP contribution in [-0.4, -0.2) is 46.4 Å². The highest BCUT2D eigenvalue weighted by Crippen LogP contribution is 2.31.